The van der Waals surface area contributed by atoms with E-state index in [4.69, 9.17) is 33.2 Å². The molecule has 2 fully saturated rings. The van der Waals surface area contributed by atoms with Crippen LogP contribution in [0.3, 0.4) is 0 Å². The Kier molecular flexibility index (Phi) is 13.4. The molecule has 0 amide bonds. The van der Waals surface area contributed by atoms with Crippen LogP contribution >= 0.6 is 0 Å². The lowest BCUT2D eigenvalue weighted by atomic mass is 9.66. The van der Waals surface area contributed by atoms with Crippen molar-refractivity contribution < 1.29 is 72.1 Å². The molecule has 15 heteroatoms. The molecule has 2 N–H and O–H groups in total. The number of Topliss-reactive ketones (excluding diaryl/α,β-unsaturated/α-hetero) is 1. The Balaban J connectivity index is 2.66. The van der Waals surface area contributed by atoms with Crippen molar-refractivity contribution in [2.75, 3.05) is 13.2 Å². The standard InChI is InChI=1S/C38H58O15/c1-20(2)17-47-32-28(49-22(5)39)31(51-24(7)41)34(9,10)15-16-35(11,45)33(44)37(46)19-36(12,53-25(8)42)29(50-23(6)40)27(37)30-38(32,48-18-21(3)4)14-13-26(43)52-30/h15-16,20-21,27-32,45-46H,13-14,17-19H2,1-12H3/b16-15+/t27-,28+,29-,30-,31-,32-,35-,36-,37-,38+/m1/s1. The molecule has 0 radical (unpaired) electrons. The molecule has 0 unspecified atom stereocenters. The van der Waals surface area contributed by atoms with Crippen LogP contribution in [0.4, 0.5) is 0 Å². The largest absolute Gasteiger partial charge is 0.459 e. The van der Waals surface area contributed by atoms with E-state index in [9.17, 15) is 39.0 Å². The van der Waals surface area contributed by atoms with E-state index in [0.29, 0.717) is 0 Å². The minimum Gasteiger partial charge on any atom is -0.459 e. The van der Waals surface area contributed by atoms with Gasteiger partial charge in [-0.15, -0.1) is 0 Å². The molecule has 1 heterocycles. The Labute approximate surface area is 311 Å². The van der Waals surface area contributed by atoms with Gasteiger partial charge in [-0.05, 0) is 38.2 Å². The number of ketones is 1. The Morgan fingerprint density at radius 1 is 0.792 bits per heavy atom. The topological polar surface area (TPSA) is 207 Å². The maximum Gasteiger partial charge on any atom is 0.306 e. The van der Waals surface area contributed by atoms with Crippen molar-refractivity contribution in [1.29, 1.82) is 0 Å². The molecule has 300 valence electrons. The average molecular weight is 755 g/mol. The molecule has 2 aliphatic carbocycles. The first-order valence-corrected chi connectivity index (χ1v) is 18.1. The van der Waals surface area contributed by atoms with Crippen LogP contribution in [0.15, 0.2) is 12.2 Å². The van der Waals surface area contributed by atoms with E-state index in [0.717, 1.165) is 33.8 Å². The van der Waals surface area contributed by atoms with Crippen molar-refractivity contribution in [3.05, 3.63) is 12.2 Å². The summed E-state index contributed by atoms with van der Waals surface area (Å²) in [6, 6.07) is 0. The van der Waals surface area contributed by atoms with Gasteiger partial charge in [-0.3, -0.25) is 28.8 Å². The molecular formula is C38H58O15. The molecule has 3 aliphatic rings. The van der Waals surface area contributed by atoms with Crippen molar-refractivity contribution in [2.24, 2.45) is 23.2 Å². The number of hydrogen-bond acceptors (Lipinski definition) is 15. The van der Waals surface area contributed by atoms with Crippen LogP contribution in [0.5, 0.6) is 0 Å². The van der Waals surface area contributed by atoms with Crippen LogP contribution in [-0.4, -0.2) is 112 Å². The fourth-order valence-electron chi connectivity index (χ4n) is 7.89. The van der Waals surface area contributed by atoms with E-state index >= 15 is 0 Å². The second-order valence-corrected chi connectivity index (χ2v) is 16.5. The van der Waals surface area contributed by atoms with Gasteiger partial charge >= 0.3 is 29.8 Å². The Morgan fingerprint density at radius 3 is 1.85 bits per heavy atom. The molecule has 1 saturated carbocycles. The highest BCUT2D eigenvalue weighted by atomic mass is 16.6. The first-order chi connectivity index (χ1) is 24.2. The lowest BCUT2D eigenvalue weighted by molar-refractivity contribution is -0.285. The summed E-state index contributed by atoms with van der Waals surface area (Å²) in [5, 5.41) is 24.8. The third kappa shape index (κ3) is 9.46. The maximum absolute atomic E-state index is 14.8. The van der Waals surface area contributed by atoms with Crippen molar-refractivity contribution in [3.63, 3.8) is 0 Å². The molecule has 53 heavy (non-hydrogen) atoms. The molecule has 0 bridgehead atoms. The molecule has 1 aliphatic heterocycles. The second kappa shape index (κ2) is 16.1. The smallest absolute Gasteiger partial charge is 0.306 e. The maximum atomic E-state index is 14.8. The van der Waals surface area contributed by atoms with Crippen LogP contribution in [0.2, 0.25) is 0 Å². The summed E-state index contributed by atoms with van der Waals surface area (Å²) in [5.74, 6) is -7.36. The highest BCUT2D eigenvalue weighted by Crippen LogP contribution is 2.56. The van der Waals surface area contributed by atoms with Gasteiger partial charge in [-0.2, -0.15) is 0 Å². The highest BCUT2D eigenvalue weighted by molar-refractivity contribution is 5.97. The van der Waals surface area contributed by atoms with E-state index in [1.54, 1.807) is 13.8 Å². The van der Waals surface area contributed by atoms with Crippen LogP contribution in [0.25, 0.3) is 0 Å². The van der Waals surface area contributed by atoms with Gasteiger partial charge in [-0.1, -0.05) is 47.6 Å². The monoisotopic (exact) mass is 754 g/mol. The van der Waals surface area contributed by atoms with Gasteiger partial charge in [0.2, 0.25) is 0 Å². The number of carbonyl (C=O) groups excluding carboxylic acids is 6. The summed E-state index contributed by atoms with van der Waals surface area (Å²) in [6.07, 6.45) is -6.48. The zero-order chi connectivity index (χ0) is 40.5. The van der Waals surface area contributed by atoms with E-state index in [-0.39, 0.29) is 37.9 Å². The normalized spacial score (nSPS) is 37.7. The Hall–Kier alpha value is -3.40. The SMILES string of the molecule is CC(=O)O[C@H]1[C@@H](OC(C)=O)C(C)(C)/C=C/[C@@](C)(O)C(=O)[C@@]2(O)C[C@@](C)(OC(C)=O)[C@H](OC(C)=O)[C@@H]2[C@H]2OC(=O)CC[C@@]2(OCC(C)C)[C@@H]1OCC(C)C. The van der Waals surface area contributed by atoms with Gasteiger partial charge in [0.15, 0.2) is 18.0 Å². The predicted molar refractivity (Wildman–Crippen MR) is 186 cm³/mol. The second-order valence-electron chi connectivity index (χ2n) is 16.5. The fraction of sp³-hybridized carbons (Fsp3) is 0.789. The predicted octanol–water partition coefficient (Wildman–Crippen LogP) is 2.93. The average Bonchev–Trinajstić information content (AvgIpc) is 3.21. The fourth-order valence-corrected chi connectivity index (χ4v) is 7.89. The van der Waals surface area contributed by atoms with Crippen LogP contribution in [0.1, 0.15) is 102 Å². The van der Waals surface area contributed by atoms with Gasteiger partial charge in [-0.25, -0.2) is 0 Å². The number of ether oxygens (including phenoxy) is 7. The third-order valence-electron chi connectivity index (χ3n) is 9.95. The molecule has 0 aromatic heterocycles. The molecule has 3 rings (SSSR count). The summed E-state index contributed by atoms with van der Waals surface area (Å²) >= 11 is 0. The van der Waals surface area contributed by atoms with E-state index in [1.165, 1.54) is 19.9 Å². The van der Waals surface area contributed by atoms with Crippen molar-refractivity contribution in [1.82, 2.24) is 0 Å². The van der Waals surface area contributed by atoms with Crippen molar-refractivity contribution in [3.8, 4) is 0 Å². The first-order valence-electron chi connectivity index (χ1n) is 18.1. The summed E-state index contributed by atoms with van der Waals surface area (Å²) < 4.78 is 43.2. The van der Waals surface area contributed by atoms with Crippen LogP contribution < -0.4 is 0 Å². The van der Waals surface area contributed by atoms with E-state index in [1.807, 2.05) is 27.7 Å². The molecule has 0 aromatic rings. The van der Waals surface area contributed by atoms with Gasteiger partial charge < -0.3 is 43.4 Å². The highest BCUT2D eigenvalue weighted by Gasteiger charge is 2.74. The summed E-state index contributed by atoms with van der Waals surface area (Å²) in [5.41, 5.74) is -10.4. The quantitative estimate of drug-likeness (QED) is 0.187. The van der Waals surface area contributed by atoms with Gasteiger partial charge in [0.05, 0.1) is 5.92 Å². The molecule has 15 nitrogen and oxygen atoms in total. The van der Waals surface area contributed by atoms with Crippen molar-refractivity contribution in [2.45, 2.75) is 155 Å². The number of hydrogen-bond donors (Lipinski definition) is 2. The number of carbonyl (C=O) groups is 6. The number of rotatable bonds is 10. The number of aliphatic hydroxyl groups is 2. The van der Waals surface area contributed by atoms with Crippen LogP contribution in [-0.2, 0) is 61.9 Å². The summed E-state index contributed by atoms with van der Waals surface area (Å²) in [7, 11) is 0. The van der Waals surface area contributed by atoms with Gasteiger partial charge in [0.1, 0.15) is 40.7 Å². The van der Waals surface area contributed by atoms with E-state index in [2.05, 4.69) is 0 Å². The number of fused-ring (bicyclic) bond motifs is 3. The van der Waals surface area contributed by atoms with Crippen LogP contribution in [0, 0.1) is 23.2 Å². The zero-order valence-corrected chi connectivity index (χ0v) is 33.0. The molecule has 1 saturated heterocycles. The minimum absolute atomic E-state index is 0.0139. The molecule has 0 aromatic carbocycles. The minimum atomic E-state index is -2.75. The number of esters is 5. The Morgan fingerprint density at radius 2 is 1.34 bits per heavy atom. The summed E-state index contributed by atoms with van der Waals surface area (Å²) in [6.45, 7) is 17.7. The van der Waals surface area contributed by atoms with E-state index < -0.39 is 106 Å². The first kappa shape index (κ1) is 44.0. The third-order valence-corrected chi connectivity index (χ3v) is 9.95. The zero-order valence-electron chi connectivity index (χ0n) is 33.0. The van der Waals surface area contributed by atoms with Crippen molar-refractivity contribution >= 4 is 35.6 Å². The molecule has 0 spiro atoms. The lowest BCUT2D eigenvalue weighted by Gasteiger charge is -2.54. The van der Waals surface area contributed by atoms with Gasteiger partial charge in [0, 0.05) is 59.2 Å². The molecule has 10 atom stereocenters. The summed E-state index contributed by atoms with van der Waals surface area (Å²) in [4.78, 5) is 79.6. The lowest BCUT2D eigenvalue weighted by Crippen LogP contribution is -2.72. The Bertz CT molecular complexity index is 1450. The molecular weight excluding hydrogens is 696 g/mol. The van der Waals surface area contributed by atoms with Gasteiger partial charge in [0.25, 0.3) is 0 Å².